The first-order valence-electron chi connectivity index (χ1n) is 5.86. The van der Waals surface area contributed by atoms with E-state index in [0.29, 0.717) is 6.54 Å². The first kappa shape index (κ1) is 14.2. The molecule has 1 N–H and O–H groups in total. The molecule has 0 saturated carbocycles. The van der Waals surface area contributed by atoms with Gasteiger partial charge in [-0.2, -0.15) is 0 Å². The fourth-order valence-corrected chi connectivity index (χ4v) is 1.47. The molecule has 1 heterocycles. The summed E-state index contributed by atoms with van der Waals surface area (Å²) in [5, 5.41) is 8.74. The Morgan fingerprint density at radius 1 is 1.50 bits per heavy atom. The topological polar surface area (TPSA) is 70.5 Å². The number of aliphatic carboxylic acids is 1. The quantitative estimate of drug-likeness (QED) is 0.823. The number of rotatable bonds is 6. The van der Waals surface area contributed by atoms with Crippen LogP contribution in [-0.4, -0.2) is 40.5 Å². The smallest absolute Gasteiger partial charge is 0.306 e. The van der Waals surface area contributed by atoms with Crippen LogP contribution in [0.1, 0.15) is 18.9 Å². The Kier molecular flexibility index (Phi) is 5.30. The second-order valence-electron chi connectivity index (χ2n) is 4.37. The van der Waals surface area contributed by atoms with E-state index in [2.05, 4.69) is 4.98 Å². The molecular formula is C13H18N2O3. The Labute approximate surface area is 106 Å². The van der Waals surface area contributed by atoms with Crippen molar-refractivity contribution < 1.29 is 14.7 Å². The molecular weight excluding hydrogens is 232 g/mol. The number of carbonyl (C=O) groups is 2. The van der Waals surface area contributed by atoms with Crippen LogP contribution in [-0.2, 0) is 16.0 Å². The number of hydrogen-bond acceptors (Lipinski definition) is 3. The van der Waals surface area contributed by atoms with Gasteiger partial charge in [-0.15, -0.1) is 0 Å². The predicted molar refractivity (Wildman–Crippen MR) is 67.0 cm³/mol. The zero-order valence-corrected chi connectivity index (χ0v) is 10.7. The van der Waals surface area contributed by atoms with Crippen molar-refractivity contribution in [3.8, 4) is 0 Å². The Balaban J connectivity index is 2.39. The summed E-state index contributed by atoms with van der Waals surface area (Å²) in [5.74, 6) is -1.73. The van der Waals surface area contributed by atoms with Gasteiger partial charge in [-0.05, 0) is 18.1 Å². The lowest BCUT2D eigenvalue weighted by molar-refractivity contribution is -0.144. The summed E-state index contributed by atoms with van der Waals surface area (Å²) in [6.45, 7) is 2.10. The molecule has 1 atom stereocenters. The van der Waals surface area contributed by atoms with Gasteiger partial charge in [-0.1, -0.05) is 13.0 Å². The zero-order chi connectivity index (χ0) is 13.5. The van der Waals surface area contributed by atoms with Crippen LogP contribution in [0.4, 0.5) is 0 Å². The van der Waals surface area contributed by atoms with Gasteiger partial charge in [0.15, 0.2) is 0 Å². The van der Waals surface area contributed by atoms with E-state index < -0.39 is 11.9 Å². The molecule has 18 heavy (non-hydrogen) atoms. The van der Waals surface area contributed by atoms with Gasteiger partial charge in [-0.25, -0.2) is 0 Å². The second kappa shape index (κ2) is 6.74. The number of hydrogen-bond donors (Lipinski definition) is 1. The third kappa shape index (κ3) is 4.53. The third-order valence-corrected chi connectivity index (χ3v) is 2.79. The number of amides is 1. The largest absolute Gasteiger partial charge is 0.481 e. The summed E-state index contributed by atoms with van der Waals surface area (Å²) in [7, 11) is 1.69. The highest BCUT2D eigenvalue weighted by molar-refractivity contribution is 5.81. The van der Waals surface area contributed by atoms with Crippen LogP contribution in [0.3, 0.4) is 0 Å². The van der Waals surface area contributed by atoms with Crippen molar-refractivity contribution in [2.75, 3.05) is 13.6 Å². The van der Waals surface area contributed by atoms with E-state index in [1.807, 2.05) is 12.1 Å². The lowest BCUT2D eigenvalue weighted by atomic mass is 10.1. The molecule has 0 fully saturated rings. The minimum atomic E-state index is -0.941. The average Bonchev–Trinajstić information content (AvgIpc) is 2.36. The van der Waals surface area contributed by atoms with Gasteiger partial charge in [-0.3, -0.25) is 14.6 Å². The summed E-state index contributed by atoms with van der Waals surface area (Å²) in [6.07, 6.45) is 4.22. The molecule has 0 aliphatic heterocycles. The molecule has 0 spiro atoms. The first-order chi connectivity index (χ1) is 8.50. The standard InChI is InChI=1S/C13H18N2O3/c1-10(13(17)18)8-12(16)15(2)7-5-11-4-3-6-14-9-11/h3-4,6,9-10H,5,7-8H2,1-2H3,(H,17,18). The number of likely N-dealkylation sites (N-methyl/N-ethyl adjacent to an activating group) is 1. The van der Waals surface area contributed by atoms with Crippen LogP contribution >= 0.6 is 0 Å². The molecule has 0 radical (unpaired) electrons. The summed E-state index contributed by atoms with van der Waals surface area (Å²) in [6, 6.07) is 3.80. The zero-order valence-electron chi connectivity index (χ0n) is 10.7. The number of nitrogens with zero attached hydrogens (tertiary/aromatic N) is 2. The molecule has 0 saturated heterocycles. The Hall–Kier alpha value is -1.91. The van der Waals surface area contributed by atoms with Gasteiger partial charge in [0, 0.05) is 32.4 Å². The highest BCUT2D eigenvalue weighted by Crippen LogP contribution is 2.06. The van der Waals surface area contributed by atoms with Gasteiger partial charge >= 0.3 is 5.97 Å². The maximum atomic E-state index is 11.7. The highest BCUT2D eigenvalue weighted by Gasteiger charge is 2.18. The van der Waals surface area contributed by atoms with Gasteiger partial charge in [0.2, 0.25) is 5.91 Å². The Morgan fingerprint density at radius 3 is 2.78 bits per heavy atom. The van der Waals surface area contributed by atoms with E-state index in [0.717, 1.165) is 12.0 Å². The highest BCUT2D eigenvalue weighted by atomic mass is 16.4. The number of aromatic nitrogens is 1. The molecule has 98 valence electrons. The molecule has 1 rings (SSSR count). The predicted octanol–water partition coefficient (Wildman–Crippen LogP) is 1.19. The van der Waals surface area contributed by atoms with Crippen LogP contribution in [0.2, 0.25) is 0 Å². The number of carboxylic acids is 1. The van der Waals surface area contributed by atoms with Crippen molar-refractivity contribution in [1.29, 1.82) is 0 Å². The van der Waals surface area contributed by atoms with Crippen molar-refractivity contribution in [3.05, 3.63) is 30.1 Å². The van der Waals surface area contributed by atoms with Gasteiger partial charge in [0.25, 0.3) is 0 Å². The van der Waals surface area contributed by atoms with Crippen LogP contribution in [0.25, 0.3) is 0 Å². The molecule has 0 aliphatic rings. The molecule has 0 bridgehead atoms. The van der Waals surface area contributed by atoms with Crippen LogP contribution < -0.4 is 0 Å². The van der Waals surface area contributed by atoms with Crippen LogP contribution in [0.5, 0.6) is 0 Å². The molecule has 1 unspecified atom stereocenters. The minimum Gasteiger partial charge on any atom is -0.481 e. The number of carbonyl (C=O) groups excluding carboxylic acids is 1. The number of pyridine rings is 1. The summed E-state index contributed by atoms with van der Waals surface area (Å²) >= 11 is 0. The second-order valence-corrected chi connectivity index (χ2v) is 4.37. The SMILES string of the molecule is CC(CC(=O)N(C)CCc1cccnc1)C(=O)O. The summed E-state index contributed by atoms with van der Waals surface area (Å²) in [5.41, 5.74) is 1.06. The molecule has 1 amide bonds. The molecule has 5 nitrogen and oxygen atoms in total. The summed E-state index contributed by atoms with van der Waals surface area (Å²) in [4.78, 5) is 27.9. The van der Waals surface area contributed by atoms with E-state index in [-0.39, 0.29) is 12.3 Å². The van der Waals surface area contributed by atoms with E-state index in [4.69, 9.17) is 5.11 Å². The lowest BCUT2D eigenvalue weighted by Crippen LogP contribution is -2.31. The van der Waals surface area contributed by atoms with Crippen molar-refractivity contribution in [2.45, 2.75) is 19.8 Å². The van der Waals surface area contributed by atoms with Crippen molar-refractivity contribution in [1.82, 2.24) is 9.88 Å². The van der Waals surface area contributed by atoms with Crippen molar-refractivity contribution in [3.63, 3.8) is 0 Å². The Bertz CT molecular complexity index is 406. The first-order valence-corrected chi connectivity index (χ1v) is 5.86. The molecule has 1 aromatic heterocycles. The van der Waals surface area contributed by atoms with E-state index in [1.54, 1.807) is 24.3 Å². The van der Waals surface area contributed by atoms with Gasteiger partial charge in [0.1, 0.15) is 0 Å². The fourth-order valence-electron chi connectivity index (χ4n) is 1.47. The maximum Gasteiger partial charge on any atom is 0.306 e. The minimum absolute atomic E-state index is 0.0405. The maximum absolute atomic E-state index is 11.7. The average molecular weight is 250 g/mol. The molecule has 0 aromatic carbocycles. The van der Waals surface area contributed by atoms with E-state index in [1.165, 1.54) is 6.92 Å². The summed E-state index contributed by atoms with van der Waals surface area (Å²) < 4.78 is 0. The van der Waals surface area contributed by atoms with Crippen molar-refractivity contribution >= 4 is 11.9 Å². The van der Waals surface area contributed by atoms with Crippen LogP contribution in [0.15, 0.2) is 24.5 Å². The molecule has 1 aromatic rings. The molecule has 5 heteroatoms. The van der Waals surface area contributed by atoms with Crippen molar-refractivity contribution in [2.24, 2.45) is 5.92 Å². The lowest BCUT2D eigenvalue weighted by Gasteiger charge is -2.18. The van der Waals surface area contributed by atoms with E-state index in [9.17, 15) is 9.59 Å². The third-order valence-electron chi connectivity index (χ3n) is 2.79. The molecule has 0 aliphatic carbocycles. The van der Waals surface area contributed by atoms with E-state index >= 15 is 0 Å². The number of carboxylic acid groups (broad SMARTS) is 1. The van der Waals surface area contributed by atoms with Gasteiger partial charge < -0.3 is 10.0 Å². The van der Waals surface area contributed by atoms with Gasteiger partial charge in [0.05, 0.1) is 5.92 Å². The fraction of sp³-hybridized carbons (Fsp3) is 0.462. The van der Waals surface area contributed by atoms with Crippen LogP contribution in [0, 0.1) is 5.92 Å². The Morgan fingerprint density at radius 2 is 2.22 bits per heavy atom. The monoisotopic (exact) mass is 250 g/mol. The normalized spacial score (nSPS) is 11.9.